The number of piperazine rings is 1. The fourth-order valence-corrected chi connectivity index (χ4v) is 10.1. The van der Waals surface area contributed by atoms with Gasteiger partial charge in [-0.05, 0) is 53.0 Å². The molecule has 18 heteroatoms. The van der Waals surface area contributed by atoms with E-state index in [-0.39, 0.29) is 121 Å². The van der Waals surface area contributed by atoms with E-state index in [9.17, 15) is 9.18 Å². The molecule has 5 aliphatic heterocycles. The van der Waals surface area contributed by atoms with Crippen LogP contribution in [-0.2, 0) is 23.0 Å². The summed E-state index contributed by atoms with van der Waals surface area (Å²) in [5, 5.41) is 1.17. The minimum absolute atomic E-state index is 0. The molecule has 59 heavy (non-hydrogen) atoms. The topological polar surface area (TPSA) is 112 Å². The molecule has 12 nitrogen and oxygen atoms in total. The Morgan fingerprint density at radius 2 is 1.90 bits per heavy atom. The second-order valence-electron chi connectivity index (χ2n) is 16.5. The first kappa shape index (κ1) is 43.7. The summed E-state index contributed by atoms with van der Waals surface area (Å²) in [4.78, 5) is 34.1. The summed E-state index contributed by atoms with van der Waals surface area (Å²) in [6.07, 6.45) is 2.11. The molecule has 2 bridgehead atoms. The van der Waals surface area contributed by atoms with Crippen LogP contribution in [0.3, 0.4) is 0 Å². The first-order valence-corrected chi connectivity index (χ1v) is 21.6. The summed E-state index contributed by atoms with van der Waals surface area (Å²) >= 11 is 0.263. The first-order valence-electron chi connectivity index (χ1n) is 19.3. The Balaban J connectivity index is 0.00000264. The maximum Gasteiger partial charge on any atom is -0.153 e. The fraction of sp³-hybridized carbons (Fsp3) is 0.512. The number of carbonyl (C=O) groups is 1. The Hall–Kier alpha value is -3.37. The van der Waals surface area contributed by atoms with E-state index in [1.54, 1.807) is 18.2 Å². The summed E-state index contributed by atoms with van der Waals surface area (Å²) in [5.74, 6) is 2.38. The number of thiol groups is 1. The Morgan fingerprint density at radius 3 is 2.66 bits per heavy atom. The first-order chi connectivity index (χ1) is 27.4. The minimum Gasteiger partial charge on any atom is -0.813 e. The third kappa shape index (κ3) is 7.76. The second-order valence-corrected chi connectivity index (χ2v) is 17.6. The quantitative estimate of drug-likeness (QED) is 0.0568. The number of alkyl halides is 1. The predicted octanol–water partition coefficient (Wildman–Crippen LogP) is 5.68. The van der Waals surface area contributed by atoms with Gasteiger partial charge in [-0.15, -0.1) is 0 Å². The molecule has 312 valence electrons. The molecule has 0 aliphatic carbocycles. The van der Waals surface area contributed by atoms with Gasteiger partial charge >= 0.3 is 232 Å². The Kier molecular flexibility index (Phi) is 12.5. The number of anilines is 1. The van der Waals surface area contributed by atoms with E-state index in [1.807, 2.05) is 25.7 Å². The molecule has 0 N–H and O–H groups in total. The van der Waals surface area contributed by atoms with Crippen molar-refractivity contribution in [1.29, 1.82) is 0 Å². The zero-order chi connectivity index (χ0) is 39.8. The van der Waals surface area contributed by atoms with E-state index in [0.29, 0.717) is 48.3 Å². The number of rotatable bonds is 7. The summed E-state index contributed by atoms with van der Waals surface area (Å²) in [7, 11) is 1.49. The van der Waals surface area contributed by atoms with E-state index in [4.69, 9.17) is 38.6 Å². The van der Waals surface area contributed by atoms with Crippen LogP contribution in [0.4, 0.5) is 23.8 Å². The Bertz CT molecular complexity index is 2370. The summed E-state index contributed by atoms with van der Waals surface area (Å²) < 4.78 is 80.7. The number of nitrogens with zero attached hydrogens (tertiary/aromatic N) is 6. The van der Waals surface area contributed by atoms with Crippen LogP contribution in [0.25, 0.3) is 32.9 Å². The number of amides is 1. The number of ether oxygens (including phenoxy) is 5. The van der Waals surface area contributed by atoms with Crippen LogP contribution >= 0.6 is 9.90 Å². The molecule has 5 aliphatic rings. The zero-order valence-corrected chi connectivity index (χ0v) is 40.2. The van der Waals surface area contributed by atoms with Gasteiger partial charge in [0.05, 0.1) is 11.6 Å². The molecule has 6 atom stereocenters. The number of benzene rings is 2. The Morgan fingerprint density at radius 1 is 1.08 bits per heavy atom. The van der Waals surface area contributed by atoms with Crippen molar-refractivity contribution in [3.05, 3.63) is 41.5 Å². The van der Waals surface area contributed by atoms with Crippen molar-refractivity contribution >= 4 is 82.7 Å². The van der Waals surface area contributed by atoms with Crippen LogP contribution in [-0.4, -0.2) is 139 Å². The number of fused-ring (bicyclic) bond motifs is 7. The minimum atomic E-state index is -0.965. The van der Waals surface area contributed by atoms with Crippen molar-refractivity contribution in [3.8, 4) is 38.3 Å². The van der Waals surface area contributed by atoms with Crippen molar-refractivity contribution < 1.29 is 41.7 Å². The van der Waals surface area contributed by atoms with E-state index in [1.165, 1.54) is 13.2 Å². The van der Waals surface area contributed by atoms with Gasteiger partial charge in [-0.1, -0.05) is 0 Å². The maximum absolute atomic E-state index is 17.6. The number of methoxy groups -OCH3 is 1. The van der Waals surface area contributed by atoms with Crippen LogP contribution in [0.15, 0.2) is 24.3 Å². The van der Waals surface area contributed by atoms with E-state index < -0.39 is 41.1 Å². The van der Waals surface area contributed by atoms with Gasteiger partial charge in [-0.3, -0.25) is 9.80 Å². The number of halogens is 3. The van der Waals surface area contributed by atoms with Crippen LogP contribution in [0, 0.1) is 21.0 Å². The molecular formula is C41H46F3N6O6PSTl-. The van der Waals surface area contributed by atoms with Crippen molar-refractivity contribution in [2.75, 3.05) is 51.7 Å². The standard InChI is InChI=1S/C41H42F3N6O6.H3P.H2S.Tl/c1-6-26-28(43)10-8-22-14-25(55-21-52-5)15-27(31(22)26)34-33(44)35-32-36(47-38(46-35)54-20-41-12-7-13-48(41)17-23(42)16-41)49-18-24-9-11-29(30(49)19-53-37(32)45-34)50(24)39(51)56-40(2,3)4;;;/h8,10,14-15,23-24,29-30H,7,9,11-13,16-21H2,2-5H3;1H3;1H2;/p-1/t23-,24+,29-,30-,41+;;;/m0.../s1. The largest absolute Gasteiger partial charge is 0.813 e. The molecular weight excluding hydrogens is 997 g/mol. The predicted molar refractivity (Wildman–Crippen MR) is 225 cm³/mol. The van der Waals surface area contributed by atoms with Gasteiger partial charge in [-0.2, -0.15) is 9.90 Å². The third-order valence-corrected chi connectivity index (χ3v) is 12.4. The SMILES string of the molecule is COCOc1cc(-c2nc3c4c(nc(OC[C@]56CCCN5C[C@@H](F)C6)nc4c2F)N2C[C@H]4CC[C@@H]([C@@H]2CO3)N4C(=O)OC(C)(C)C)c2c(C#[C][Tl])c(F)ccc2c1.P.[SH-]. The molecule has 2 aromatic carbocycles. The average molecular weight is 1040 g/mol. The van der Waals surface area contributed by atoms with Crippen molar-refractivity contribution in [2.45, 2.75) is 88.3 Å². The van der Waals surface area contributed by atoms with Gasteiger partial charge in [0.15, 0.2) is 0 Å². The normalized spacial score (nSPS) is 24.2. The average Bonchev–Trinajstić information content (AvgIpc) is 3.78. The molecule has 2 aromatic heterocycles. The third-order valence-electron chi connectivity index (χ3n) is 11.8. The van der Waals surface area contributed by atoms with Gasteiger partial charge in [0, 0.05) is 13.0 Å². The van der Waals surface area contributed by atoms with E-state index in [0.717, 1.165) is 25.8 Å². The summed E-state index contributed by atoms with van der Waals surface area (Å²) in [6, 6.07) is 5.26. The fourth-order valence-electron chi connectivity index (χ4n) is 9.56. The van der Waals surface area contributed by atoms with Gasteiger partial charge in [0.2, 0.25) is 0 Å². The molecule has 4 saturated heterocycles. The molecule has 4 fully saturated rings. The van der Waals surface area contributed by atoms with Crippen LogP contribution in [0.2, 0.25) is 0 Å². The molecule has 1 amide bonds. The number of carbonyl (C=O) groups excluding carboxylic acids is 1. The molecule has 9 rings (SSSR count). The van der Waals surface area contributed by atoms with E-state index in [2.05, 4.69) is 19.2 Å². The number of hydrogen-bond acceptors (Lipinski definition) is 12. The summed E-state index contributed by atoms with van der Waals surface area (Å²) in [6.45, 7) is 7.17. The number of hydrogen-bond donors (Lipinski definition) is 0. The molecule has 0 spiro atoms. The summed E-state index contributed by atoms with van der Waals surface area (Å²) in [5.41, 5.74) is -1.11. The smallest absolute Gasteiger partial charge is 0.153 e. The molecule has 0 radical (unpaired) electrons. The van der Waals surface area contributed by atoms with Crippen molar-refractivity contribution in [2.24, 2.45) is 0 Å². The van der Waals surface area contributed by atoms with Crippen LogP contribution < -0.4 is 19.1 Å². The van der Waals surface area contributed by atoms with Gasteiger partial charge in [-0.25, -0.2) is 9.18 Å². The molecule has 7 heterocycles. The van der Waals surface area contributed by atoms with Gasteiger partial charge < -0.3 is 18.2 Å². The van der Waals surface area contributed by atoms with Crippen molar-refractivity contribution in [3.63, 3.8) is 0 Å². The van der Waals surface area contributed by atoms with E-state index >= 15 is 8.78 Å². The number of pyridine rings is 1. The zero-order valence-electron chi connectivity index (χ0n) is 33.4. The monoisotopic (exact) mass is 1040 g/mol. The van der Waals surface area contributed by atoms with Gasteiger partial charge in [0.25, 0.3) is 0 Å². The second kappa shape index (κ2) is 16.8. The maximum atomic E-state index is 17.6. The van der Waals surface area contributed by atoms with Crippen LogP contribution in [0.1, 0.15) is 58.4 Å². The molecule has 1 unspecified atom stereocenters. The van der Waals surface area contributed by atoms with Gasteiger partial charge in [0.1, 0.15) is 11.8 Å². The van der Waals surface area contributed by atoms with Crippen molar-refractivity contribution in [1.82, 2.24) is 24.8 Å². The Labute approximate surface area is 366 Å². The molecule has 4 aromatic rings. The van der Waals surface area contributed by atoms with Crippen LogP contribution in [0.5, 0.6) is 17.6 Å². The number of aromatic nitrogens is 3. The molecule has 0 saturated carbocycles.